The van der Waals surface area contributed by atoms with E-state index in [1.165, 1.54) is 18.3 Å². The first-order valence-corrected chi connectivity index (χ1v) is 6.77. The summed E-state index contributed by atoms with van der Waals surface area (Å²) in [6, 6.07) is 1.56. The van der Waals surface area contributed by atoms with Crippen molar-refractivity contribution >= 4 is 17.6 Å². The highest BCUT2D eigenvalue weighted by atomic mass is 19.4. The Morgan fingerprint density at radius 1 is 1.52 bits per heavy atom. The number of nitrogens with zero attached hydrogens (tertiary/aromatic N) is 2. The van der Waals surface area contributed by atoms with Gasteiger partial charge < -0.3 is 15.4 Å². The van der Waals surface area contributed by atoms with Crippen LogP contribution in [0.3, 0.4) is 0 Å². The van der Waals surface area contributed by atoms with Crippen molar-refractivity contribution in [3.63, 3.8) is 0 Å². The van der Waals surface area contributed by atoms with Crippen LogP contribution in [0.25, 0.3) is 0 Å². The number of carbonyl (C=O) groups is 2. The minimum absolute atomic E-state index is 0.175. The number of imide groups is 1. The predicted molar refractivity (Wildman–Crippen MR) is 74.0 cm³/mol. The number of urea groups is 1. The van der Waals surface area contributed by atoms with Gasteiger partial charge in [0.2, 0.25) is 5.88 Å². The molecule has 0 spiro atoms. The molecule has 0 aromatic carbocycles. The molecule has 1 aromatic heterocycles. The first-order chi connectivity index (χ1) is 10.8. The summed E-state index contributed by atoms with van der Waals surface area (Å²) in [5.41, 5.74) is 0.421. The van der Waals surface area contributed by atoms with Crippen molar-refractivity contribution < 1.29 is 27.5 Å². The molecule has 1 saturated heterocycles. The Bertz CT molecular complexity index is 577. The number of nitrogens with one attached hydrogen (secondary N) is 2. The summed E-state index contributed by atoms with van der Waals surface area (Å²) in [5.74, 6) is -0.580. The molecule has 2 heterocycles. The van der Waals surface area contributed by atoms with E-state index in [2.05, 4.69) is 20.4 Å². The van der Waals surface area contributed by atoms with Crippen molar-refractivity contribution in [3.05, 3.63) is 18.3 Å². The van der Waals surface area contributed by atoms with Crippen molar-refractivity contribution in [2.45, 2.75) is 19.1 Å². The summed E-state index contributed by atoms with van der Waals surface area (Å²) in [7, 11) is 0. The second-order valence-corrected chi connectivity index (χ2v) is 4.88. The van der Waals surface area contributed by atoms with E-state index in [9.17, 15) is 22.8 Å². The van der Waals surface area contributed by atoms with E-state index in [4.69, 9.17) is 0 Å². The highest BCUT2D eigenvalue weighted by Gasteiger charge is 2.30. The third-order valence-corrected chi connectivity index (χ3v) is 3.00. The van der Waals surface area contributed by atoms with E-state index in [1.807, 2.05) is 0 Å². The molecule has 7 nitrogen and oxygen atoms in total. The van der Waals surface area contributed by atoms with Crippen LogP contribution in [0.2, 0.25) is 0 Å². The fourth-order valence-electron chi connectivity index (χ4n) is 1.93. The number of amides is 3. The van der Waals surface area contributed by atoms with E-state index < -0.39 is 30.8 Å². The van der Waals surface area contributed by atoms with Crippen LogP contribution < -0.4 is 15.4 Å². The third-order valence-electron chi connectivity index (χ3n) is 3.00. The zero-order valence-electron chi connectivity index (χ0n) is 12.2. The van der Waals surface area contributed by atoms with Gasteiger partial charge in [0.05, 0.1) is 11.9 Å². The minimum Gasteiger partial charge on any atom is -0.468 e. The Morgan fingerprint density at radius 2 is 2.26 bits per heavy atom. The maximum Gasteiger partial charge on any atom is 0.422 e. The average molecular weight is 332 g/mol. The van der Waals surface area contributed by atoms with Crippen molar-refractivity contribution in [3.8, 4) is 5.88 Å². The maximum atomic E-state index is 12.1. The first-order valence-electron chi connectivity index (χ1n) is 6.77. The number of carbonyl (C=O) groups excluding carboxylic acids is 2. The van der Waals surface area contributed by atoms with E-state index >= 15 is 0 Å². The molecule has 0 radical (unpaired) electrons. The molecule has 1 atom stereocenters. The number of rotatable bonds is 5. The summed E-state index contributed by atoms with van der Waals surface area (Å²) in [5, 5.41) is 5.35. The quantitative estimate of drug-likeness (QED) is 0.851. The fraction of sp³-hybridized carbons (Fsp3) is 0.462. The predicted octanol–water partition coefficient (Wildman–Crippen LogP) is 1.37. The third kappa shape index (κ3) is 4.73. The van der Waals surface area contributed by atoms with Crippen molar-refractivity contribution in [1.82, 2.24) is 15.2 Å². The van der Waals surface area contributed by atoms with Gasteiger partial charge in [-0.2, -0.15) is 13.2 Å². The van der Waals surface area contributed by atoms with Crippen LogP contribution in [-0.2, 0) is 4.79 Å². The molecule has 2 rings (SSSR count). The fourth-order valence-corrected chi connectivity index (χ4v) is 1.93. The number of halogens is 3. The van der Waals surface area contributed by atoms with E-state index in [0.717, 1.165) is 4.90 Å². The van der Waals surface area contributed by atoms with E-state index in [0.29, 0.717) is 18.8 Å². The highest BCUT2D eigenvalue weighted by molar-refractivity contribution is 5.99. The van der Waals surface area contributed by atoms with E-state index in [-0.39, 0.29) is 5.88 Å². The van der Waals surface area contributed by atoms with Crippen LogP contribution in [-0.4, -0.2) is 53.7 Å². The molecule has 3 amide bonds. The summed E-state index contributed by atoms with van der Waals surface area (Å²) in [6.45, 7) is 0.851. The smallest absolute Gasteiger partial charge is 0.422 e. The highest BCUT2D eigenvalue weighted by Crippen LogP contribution is 2.18. The van der Waals surface area contributed by atoms with Gasteiger partial charge in [-0.25, -0.2) is 9.78 Å². The number of hydrogen-bond donors (Lipinski definition) is 2. The van der Waals surface area contributed by atoms with Gasteiger partial charge in [0.1, 0.15) is 6.04 Å². The molecule has 0 unspecified atom stereocenters. The lowest BCUT2D eigenvalue weighted by atomic mass is 10.2. The number of ether oxygens (including phenoxy) is 1. The zero-order valence-corrected chi connectivity index (χ0v) is 12.2. The largest absolute Gasteiger partial charge is 0.468 e. The normalized spacial score (nSPS) is 16.0. The van der Waals surface area contributed by atoms with Gasteiger partial charge in [-0.3, -0.25) is 9.69 Å². The Kier molecular flexibility index (Phi) is 4.92. The van der Waals surface area contributed by atoms with Gasteiger partial charge in [0.25, 0.3) is 5.91 Å². The SMILES string of the molecule is C[C@H](Nc1ccc(OCC(F)(F)F)nc1)C(=O)N1CCNC1=O. The average Bonchev–Trinajstić information content (AvgIpc) is 2.91. The molecule has 1 aliphatic rings. The van der Waals surface area contributed by atoms with Gasteiger partial charge >= 0.3 is 12.2 Å². The number of anilines is 1. The molecule has 1 fully saturated rings. The van der Waals surface area contributed by atoms with Gasteiger partial charge in [0, 0.05) is 19.2 Å². The molecular formula is C13H15F3N4O3. The lowest BCUT2D eigenvalue weighted by Crippen LogP contribution is -2.43. The van der Waals surface area contributed by atoms with Crippen LogP contribution in [0.1, 0.15) is 6.92 Å². The molecule has 126 valence electrons. The van der Waals surface area contributed by atoms with Crippen molar-refractivity contribution in [2.24, 2.45) is 0 Å². The van der Waals surface area contributed by atoms with Crippen LogP contribution >= 0.6 is 0 Å². The van der Waals surface area contributed by atoms with Crippen LogP contribution in [0.5, 0.6) is 5.88 Å². The van der Waals surface area contributed by atoms with Crippen molar-refractivity contribution in [2.75, 3.05) is 25.0 Å². The maximum absolute atomic E-state index is 12.1. The number of hydrogen-bond acceptors (Lipinski definition) is 5. The Labute approximate surface area is 129 Å². The van der Waals surface area contributed by atoms with Gasteiger partial charge in [-0.15, -0.1) is 0 Å². The van der Waals surface area contributed by atoms with Gasteiger partial charge in [-0.1, -0.05) is 0 Å². The van der Waals surface area contributed by atoms with Gasteiger partial charge in [-0.05, 0) is 13.0 Å². The standard InChI is InChI=1S/C13H15F3N4O3/c1-8(11(21)20-5-4-17-12(20)22)19-9-2-3-10(18-6-9)23-7-13(14,15)16/h2-3,6,8,19H,4-5,7H2,1H3,(H,17,22)/t8-/m0/s1. The Hall–Kier alpha value is -2.52. The second kappa shape index (κ2) is 6.71. The number of pyridine rings is 1. The lowest BCUT2D eigenvalue weighted by molar-refractivity contribution is -0.154. The summed E-state index contributed by atoms with van der Waals surface area (Å²) in [4.78, 5) is 28.3. The second-order valence-electron chi connectivity index (χ2n) is 4.88. The zero-order chi connectivity index (χ0) is 17.0. The molecule has 0 saturated carbocycles. The number of aromatic nitrogens is 1. The van der Waals surface area contributed by atoms with Gasteiger partial charge in [0.15, 0.2) is 6.61 Å². The van der Waals surface area contributed by atoms with Crippen molar-refractivity contribution in [1.29, 1.82) is 0 Å². The molecule has 10 heteroatoms. The molecule has 2 N–H and O–H groups in total. The van der Waals surface area contributed by atoms with Crippen LogP contribution in [0.15, 0.2) is 18.3 Å². The summed E-state index contributed by atoms with van der Waals surface area (Å²) >= 11 is 0. The molecular weight excluding hydrogens is 317 g/mol. The number of alkyl halides is 3. The first kappa shape index (κ1) is 16.8. The minimum atomic E-state index is -4.43. The Morgan fingerprint density at radius 3 is 2.78 bits per heavy atom. The molecule has 0 bridgehead atoms. The molecule has 23 heavy (non-hydrogen) atoms. The monoisotopic (exact) mass is 332 g/mol. The molecule has 1 aliphatic heterocycles. The topological polar surface area (TPSA) is 83.6 Å². The molecule has 0 aliphatic carbocycles. The lowest BCUT2D eigenvalue weighted by Gasteiger charge is -2.19. The summed E-state index contributed by atoms with van der Waals surface area (Å²) < 4.78 is 40.5. The van der Waals surface area contributed by atoms with Crippen LogP contribution in [0, 0.1) is 0 Å². The molecule has 1 aromatic rings. The van der Waals surface area contributed by atoms with E-state index in [1.54, 1.807) is 6.92 Å². The summed E-state index contributed by atoms with van der Waals surface area (Å²) in [6.07, 6.45) is -3.19. The van der Waals surface area contributed by atoms with Crippen LogP contribution in [0.4, 0.5) is 23.7 Å². The Balaban J connectivity index is 1.90.